The van der Waals surface area contributed by atoms with Crippen LogP contribution >= 0.6 is 23.2 Å². The van der Waals surface area contributed by atoms with Crippen molar-refractivity contribution in [3.63, 3.8) is 0 Å². The Morgan fingerprint density at radius 2 is 2.05 bits per heavy atom. The molecule has 1 unspecified atom stereocenters. The summed E-state index contributed by atoms with van der Waals surface area (Å²) in [5.74, 6) is -0.140. The van der Waals surface area contributed by atoms with Gasteiger partial charge in [0.05, 0.1) is 16.0 Å². The van der Waals surface area contributed by atoms with E-state index in [2.05, 4.69) is 11.8 Å². The number of aliphatic carboxylic acids is 1. The summed E-state index contributed by atoms with van der Waals surface area (Å²) in [5, 5.41) is 10.6. The molecular weight excluding hydrogens is 321 g/mol. The van der Waals surface area contributed by atoms with Gasteiger partial charge < -0.3 is 10.0 Å². The number of carbonyl (C=O) groups is 1. The summed E-state index contributed by atoms with van der Waals surface area (Å²) >= 11 is 12.0. The molecule has 1 fully saturated rings. The Bertz CT molecular complexity index is 535. The van der Waals surface area contributed by atoms with E-state index < -0.39 is 5.97 Å². The molecule has 5 heteroatoms. The van der Waals surface area contributed by atoms with Gasteiger partial charge in [-0.15, -0.1) is 0 Å². The van der Waals surface area contributed by atoms with Crippen LogP contribution in [0.2, 0.25) is 10.0 Å². The van der Waals surface area contributed by atoms with Gasteiger partial charge in [-0.05, 0) is 49.4 Å². The molecule has 0 spiro atoms. The highest BCUT2D eigenvalue weighted by Crippen LogP contribution is 2.34. The minimum Gasteiger partial charge on any atom is -0.481 e. The predicted octanol–water partition coefficient (Wildman–Crippen LogP) is 4.56. The average molecular weight is 344 g/mol. The smallest absolute Gasteiger partial charge is 0.306 e. The van der Waals surface area contributed by atoms with E-state index in [9.17, 15) is 9.90 Å². The molecule has 0 amide bonds. The Balaban J connectivity index is 1.96. The highest BCUT2D eigenvalue weighted by molar-refractivity contribution is 6.42. The van der Waals surface area contributed by atoms with Gasteiger partial charge in [0.1, 0.15) is 0 Å². The van der Waals surface area contributed by atoms with Crippen LogP contribution < -0.4 is 0 Å². The molecule has 0 saturated heterocycles. The van der Waals surface area contributed by atoms with E-state index in [1.54, 1.807) is 6.07 Å². The molecule has 122 valence electrons. The average Bonchev–Trinajstić information content (AvgIpc) is 2.44. The van der Waals surface area contributed by atoms with E-state index in [-0.39, 0.29) is 11.8 Å². The van der Waals surface area contributed by atoms with E-state index in [0.717, 1.165) is 37.9 Å². The quantitative estimate of drug-likeness (QED) is 0.851. The van der Waals surface area contributed by atoms with E-state index in [1.807, 2.05) is 19.2 Å². The van der Waals surface area contributed by atoms with Crippen LogP contribution in [-0.4, -0.2) is 29.6 Å². The molecule has 2 rings (SSSR count). The Kier molecular flexibility index (Phi) is 6.13. The first-order valence-corrected chi connectivity index (χ1v) is 8.47. The molecule has 22 heavy (non-hydrogen) atoms. The van der Waals surface area contributed by atoms with Crippen LogP contribution in [0.15, 0.2) is 18.2 Å². The van der Waals surface area contributed by atoms with Crippen molar-refractivity contribution < 1.29 is 9.90 Å². The van der Waals surface area contributed by atoms with E-state index in [4.69, 9.17) is 23.2 Å². The molecule has 0 aliphatic heterocycles. The van der Waals surface area contributed by atoms with Crippen molar-refractivity contribution in [3.8, 4) is 0 Å². The summed E-state index contributed by atoms with van der Waals surface area (Å²) < 4.78 is 0. The Morgan fingerprint density at radius 1 is 1.32 bits per heavy atom. The molecule has 0 bridgehead atoms. The number of hydrogen-bond donors (Lipinski definition) is 1. The fourth-order valence-electron chi connectivity index (χ4n) is 3.38. The summed E-state index contributed by atoms with van der Waals surface area (Å²) in [6.07, 6.45) is 2.90. The van der Waals surface area contributed by atoms with Crippen LogP contribution in [0.25, 0.3) is 0 Å². The second-order valence-corrected chi connectivity index (χ2v) is 7.38. The normalized spacial score (nSPS) is 25.4. The monoisotopic (exact) mass is 343 g/mol. The van der Waals surface area contributed by atoms with Crippen LogP contribution in [-0.2, 0) is 11.3 Å². The predicted molar refractivity (Wildman–Crippen MR) is 90.4 cm³/mol. The summed E-state index contributed by atoms with van der Waals surface area (Å²) in [6, 6.07) is 5.63. The van der Waals surface area contributed by atoms with E-state index >= 15 is 0 Å². The number of rotatable bonds is 5. The summed E-state index contributed by atoms with van der Waals surface area (Å²) in [4.78, 5) is 13.7. The highest BCUT2D eigenvalue weighted by Gasteiger charge is 2.34. The first kappa shape index (κ1) is 17.6. The topological polar surface area (TPSA) is 40.5 Å². The van der Waals surface area contributed by atoms with Gasteiger partial charge in [-0.3, -0.25) is 4.79 Å². The number of carboxylic acid groups (broad SMARTS) is 1. The van der Waals surface area contributed by atoms with Crippen LogP contribution in [0.1, 0.15) is 31.7 Å². The van der Waals surface area contributed by atoms with Crippen molar-refractivity contribution in [1.29, 1.82) is 0 Å². The third-order valence-electron chi connectivity index (χ3n) is 4.56. The maximum atomic E-state index is 11.5. The van der Waals surface area contributed by atoms with E-state index in [0.29, 0.717) is 16.0 Å². The minimum absolute atomic E-state index is 0.222. The standard InChI is InChI=1S/C17H23Cl2NO2/c1-11-3-5-13(14(7-11)17(21)22)10-20(2)9-12-4-6-15(18)16(19)8-12/h4,6,8,11,13-14H,3,5,7,9-10H2,1-2H3,(H,21,22)/t11?,13-,14-/m0/s1. The number of nitrogens with zero attached hydrogens (tertiary/aromatic N) is 1. The minimum atomic E-state index is -0.653. The van der Waals surface area contributed by atoms with Gasteiger partial charge in [0.15, 0.2) is 0 Å². The summed E-state index contributed by atoms with van der Waals surface area (Å²) in [6.45, 7) is 3.69. The maximum Gasteiger partial charge on any atom is 0.306 e. The molecule has 1 aromatic carbocycles. The van der Waals surface area contributed by atoms with Gasteiger partial charge in [0.25, 0.3) is 0 Å². The van der Waals surface area contributed by atoms with Crippen LogP contribution in [0.4, 0.5) is 0 Å². The van der Waals surface area contributed by atoms with Crippen LogP contribution in [0, 0.1) is 17.8 Å². The lowest BCUT2D eigenvalue weighted by Gasteiger charge is -2.34. The largest absolute Gasteiger partial charge is 0.481 e. The lowest BCUT2D eigenvalue weighted by Crippen LogP contribution is -2.37. The van der Waals surface area contributed by atoms with Crippen molar-refractivity contribution >= 4 is 29.2 Å². The second-order valence-electron chi connectivity index (χ2n) is 6.57. The molecule has 1 saturated carbocycles. The van der Waals surface area contributed by atoms with E-state index in [1.165, 1.54) is 0 Å². The lowest BCUT2D eigenvalue weighted by atomic mass is 9.74. The van der Waals surface area contributed by atoms with Gasteiger partial charge in [0.2, 0.25) is 0 Å². The van der Waals surface area contributed by atoms with Gasteiger partial charge in [-0.2, -0.15) is 0 Å². The zero-order chi connectivity index (χ0) is 16.3. The second kappa shape index (κ2) is 7.67. The molecule has 0 aromatic heterocycles. The third kappa shape index (κ3) is 4.61. The Labute approximate surface area is 142 Å². The first-order valence-electron chi connectivity index (χ1n) is 7.72. The third-order valence-corrected chi connectivity index (χ3v) is 5.29. The highest BCUT2D eigenvalue weighted by atomic mass is 35.5. The summed E-state index contributed by atoms with van der Waals surface area (Å²) in [5.41, 5.74) is 1.09. The Hall–Kier alpha value is -0.770. The lowest BCUT2D eigenvalue weighted by molar-refractivity contribution is -0.146. The maximum absolute atomic E-state index is 11.5. The number of hydrogen-bond acceptors (Lipinski definition) is 2. The fourth-order valence-corrected chi connectivity index (χ4v) is 3.70. The number of benzene rings is 1. The Morgan fingerprint density at radius 3 is 2.68 bits per heavy atom. The van der Waals surface area contributed by atoms with Gasteiger partial charge >= 0.3 is 5.97 Å². The first-order chi connectivity index (χ1) is 10.4. The SMILES string of the molecule is CC1CC[C@@H](CN(C)Cc2ccc(Cl)c(Cl)c2)[C@@H](C(=O)O)C1. The molecule has 1 aromatic rings. The van der Waals surface area contributed by atoms with Crippen molar-refractivity contribution in [2.75, 3.05) is 13.6 Å². The zero-order valence-electron chi connectivity index (χ0n) is 13.1. The summed E-state index contributed by atoms with van der Waals surface area (Å²) in [7, 11) is 2.03. The van der Waals surface area contributed by atoms with Gasteiger partial charge in [-0.1, -0.05) is 42.6 Å². The molecular formula is C17H23Cl2NO2. The van der Waals surface area contributed by atoms with Gasteiger partial charge in [-0.25, -0.2) is 0 Å². The van der Waals surface area contributed by atoms with Crippen LogP contribution in [0.5, 0.6) is 0 Å². The molecule has 1 N–H and O–H groups in total. The van der Waals surface area contributed by atoms with Crippen molar-refractivity contribution in [2.45, 2.75) is 32.7 Å². The molecule has 0 radical (unpaired) electrons. The molecule has 1 aliphatic carbocycles. The van der Waals surface area contributed by atoms with Gasteiger partial charge in [0, 0.05) is 13.1 Å². The number of carboxylic acids is 1. The molecule has 3 nitrogen and oxygen atoms in total. The fraction of sp³-hybridized carbons (Fsp3) is 0.588. The number of halogens is 2. The van der Waals surface area contributed by atoms with Crippen LogP contribution in [0.3, 0.4) is 0 Å². The molecule has 0 heterocycles. The molecule has 3 atom stereocenters. The van der Waals surface area contributed by atoms with Crippen molar-refractivity contribution in [3.05, 3.63) is 33.8 Å². The molecule has 1 aliphatic rings. The van der Waals surface area contributed by atoms with Crippen molar-refractivity contribution in [1.82, 2.24) is 4.90 Å². The van der Waals surface area contributed by atoms with Crippen molar-refractivity contribution in [2.24, 2.45) is 17.8 Å². The zero-order valence-corrected chi connectivity index (χ0v) is 14.6.